The molecule has 1 saturated carbocycles. The van der Waals surface area contributed by atoms with E-state index in [2.05, 4.69) is 6.92 Å². The number of carbonyl (C=O) groups excluding carboxylic acids is 2. The molecule has 3 heterocycles. The summed E-state index contributed by atoms with van der Waals surface area (Å²) in [5.41, 5.74) is 0.831. The van der Waals surface area contributed by atoms with E-state index in [9.17, 15) is 22.8 Å². The molecule has 0 unspecified atom stereocenters. The Morgan fingerprint density at radius 3 is 2.46 bits per heavy atom. The maximum atomic E-state index is 13.1. The molecule has 0 radical (unpaired) electrons. The Kier molecular flexibility index (Phi) is 8.75. The van der Waals surface area contributed by atoms with Crippen LogP contribution in [-0.4, -0.2) is 58.9 Å². The molecule has 220 valence electrons. The maximum Gasteiger partial charge on any atom is 0.416 e. The molecule has 3 aromatic rings. The van der Waals surface area contributed by atoms with E-state index in [0.717, 1.165) is 56.5 Å². The number of carbonyl (C=O) groups is 2. The van der Waals surface area contributed by atoms with E-state index in [1.165, 1.54) is 6.07 Å². The van der Waals surface area contributed by atoms with Gasteiger partial charge in [-0.15, -0.1) is 0 Å². The Balaban J connectivity index is 1.18. The van der Waals surface area contributed by atoms with Crippen LogP contribution in [-0.2, 0) is 24.1 Å². The first-order valence-corrected chi connectivity index (χ1v) is 14.5. The van der Waals surface area contributed by atoms with Crippen molar-refractivity contribution in [2.45, 2.75) is 58.3 Å². The average Bonchev–Trinajstić information content (AvgIpc) is 3.75. The largest absolute Gasteiger partial charge is 0.454 e. The second-order valence-corrected chi connectivity index (χ2v) is 11.0. The molecular weight excluding hydrogens is 533 g/mol. The minimum absolute atomic E-state index is 0.135. The molecule has 7 nitrogen and oxygen atoms in total. The zero-order valence-corrected chi connectivity index (χ0v) is 23.4. The highest BCUT2D eigenvalue weighted by molar-refractivity contribution is 5.91. The smallest absolute Gasteiger partial charge is 0.416 e. The van der Waals surface area contributed by atoms with Crippen molar-refractivity contribution in [2.75, 3.05) is 37.6 Å². The van der Waals surface area contributed by atoms with Crippen molar-refractivity contribution in [2.24, 2.45) is 5.92 Å². The van der Waals surface area contributed by atoms with Gasteiger partial charge in [0, 0.05) is 56.2 Å². The lowest BCUT2D eigenvalue weighted by Gasteiger charge is -2.36. The molecule has 10 heteroatoms. The highest BCUT2D eigenvalue weighted by Gasteiger charge is 2.32. The molecule has 0 spiro atoms. The first-order valence-electron chi connectivity index (χ1n) is 14.5. The van der Waals surface area contributed by atoms with Crippen molar-refractivity contribution in [3.8, 4) is 0 Å². The van der Waals surface area contributed by atoms with Gasteiger partial charge >= 0.3 is 6.18 Å². The number of hydrogen-bond donors (Lipinski definition) is 0. The van der Waals surface area contributed by atoms with E-state index in [4.69, 9.17) is 4.42 Å². The van der Waals surface area contributed by atoms with E-state index < -0.39 is 11.7 Å². The molecule has 2 fully saturated rings. The first-order chi connectivity index (χ1) is 19.7. The molecule has 41 heavy (non-hydrogen) atoms. The van der Waals surface area contributed by atoms with Gasteiger partial charge in [0.15, 0.2) is 5.76 Å². The molecule has 1 aromatic carbocycles. The molecule has 1 aliphatic heterocycles. The van der Waals surface area contributed by atoms with Crippen LogP contribution in [0, 0.1) is 5.92 Å². The number of alkyl halides is 3. The van der Waals surface area contributed by atoms with Crippen LogP contribution in [0.3, 0.4) is 0 Å². The predicted octanol–water partition coefficient (Wildman–Crippen LogP) is 6.04. The summed E-state index contributed by atoms with van der Waals surface area (Å²) in [5, 5.41) is 0. The lowest BCUT2D eigenvalue weighted by Crippen LogP contribution is -2.48. The van der Waals surface area contributed by atoms with Gasteiger partial charge in [-0.25, -0.2) is 0 Å². The number of anilines is 1. The van der Waals surface area contributed by atoms with E-state index in [1.54, 1.807) is 23.1 Å². The highest BCUT2D eigenvalue weighted by Crippen LogP contribution is 2.32. The second-order valence-electron chi connectivity index (χ2n) is 11.0. The quantitative estimate of drug-likeness (QED) is 0.315. The van der Waals surface area contributed by atoms with Crippen molar-refractivity contribution in [1.82, 2.24) is 14.4 Å². The van der Waals surface area contributed by atoms with E-state index >= 15 is 0 Å². The van der Waals surface area contributed by atoms with Gasteiger partial charge in [-0.1, -0.05) is 25.8 Å². The highest BCUT2D eigenvalue weighted by atomic mass is 19.4. The third-order valence-corrected chi connectivity index (χ3v) is 8.09. The van der Waals surface area contributed by atoms with Crippen LogP contribution in [0.4, 0.5) is 18.9 Å². The molecule has 0 bridgehead atoms. The topological polar surface area (TPSA) is 61.9 Å². The molecule has 1 saturated heterocycles. The van der Waals surface area contributed by atoms with Gasteiger partial charge in [-0.3, -0.25) is 9.59 Å². The Bertz CT molecular complexity index is 1330. The summed E-state index contributed by atoms with van der Waals surface area (Å²) in [4.78, 5) is 31.8. The summed E-state index contributed by atoms with van der Waals surface area (Å²) >= 11 is 0. The van der Waals surface area contributed by atoms with E-state index in [-0.39, 0.29) is 23.5 Å². The SMILES string of the molecule is CCCN(Cc1cccn1Cc1ccc(C(=O)N2CCN(c3cccc(C(F)(F)F)c3)CC2)o1)C(=O)C1CCCC1. The fourth-order valence-electron chi connectivity index (χ4n) is 5.86. The van der Waals surface area contributed by atoms with Gasteiger partial charge in [-0.2, -0.15) is 13.2 Å². The van der Waals surface area contributed by atoms with Crippen molar-refractivity contribution in [1.29, 1.82) is 0 Å². The van der Waals surface area contributed by atoms with Gasteiger partial charge in [0.05, 0.1) is 18.7 Å². The zero-order valence-electron chi connectivity index (χ0n) is 23.4. The van der Waals surface area contributed by atoms with Crippen molar-refractivity contribution in [3.05, 3.63) is 77.5 Å². The van der Waals surface area contributed by atoms with Crippen LogP contribution in [0.25, 0.3) is 0 Å². The molecule has 1 aliphatic carbocycles. The van der Waals surface area contributed by atoms with E-state index in [0.29, 0.717) is 50.7 Å². The molecule has 0 N–H and O–H groups in total. The van der Waals surface area contributed by atoms with Gasteiger partial charge in [0.25, 0.3) is 5.91 Å². The number of benzene rings is 1. The standard InChI is InChI=1S/C31H37F3N4O3/c1-2-14-38(29(39)23-7-3-4-8-23)21-26-11-6-15-37(26)22-27-12-13-28(41-27)30(40)36-18-16-35(17-19-36)25-10-5-9-24(20-25)31(32,33)34/h5-6,9-13,15,20,23H,2-4,7-8,14,16-19,21-22H2,1H3. The van der Waals surface area contributed by atoms with Gasteiger partial charge in [0.2, 0.25) is 5.91 Å². The number of piperazine rings is 1. The lowest BCUT2D eigenvalue weighted by atomic mass is 10.1. The average molecular weight is 571 g/mol. The van der Waals surface area contributed by atoms with Gasteiger partial charge < -0.3 is 23.7 Å². The predicted molar refractivity (Wildman–Crippen MR) is 149 cm³/mol. The third kappa shape index (κ3) is 6.80. The molecule has 2 aromatic heterocycles. The van der Waals surface area contributed by atoms with Crippen molar-refractivity contribution < 1.29 is 27.2 Å². The normalized spacial score (nSPS) is 16.4. The zero-order chi connectivity index (χ0) is 29.0. The fraction of sp³-hybridized carbons (Fsp3) is 0.484. The summed E-state index contributed by atoms with van der Waals surface area (Å²) in [6.07, 6.45) is 2.66. The Morgan fingerprint density at radius 1 is 1.00 bits per heavy atom. The van der Waals surface area contributed by atoms with Crippen LogP contribution in [0.1, 0.15) is 66.6 Å². The summed E-state index contributed by atoms with van der Waals surface area (Å²) < 4.78 is 47.3. The summed E-state index contributed by atoms with van der Waals surface area (Å²) in [6.45, 7) is 5.42. The molecule has 0 atom stereocenters. The van der Waals surface area contributed by atoms with Crippen LogP contribution in [0.5, 0.6) is 0 Å². The number of aromatic nitrogens is 1. The third-order valence-electron chi connectivity index (χ3n) is 8.09. The Labute approximate surface area is 238 Å². The first kappa shape index (κ1) is 28.8. The van der Waals surface area contributed by atoms with Crippen molar-refractivity contribution >= 4 is 17.5 Å². The van der Waals surface area contributed by atoms with Gasteiger partial charge in [-0.05, 0) is 61.7 Å². The number of furan rings is 1. The maximum absolute atomic E-state index is 13.1. The molecule has 2 amide bonds. The Hall–Kier alpha value is -3.69. The van der Waals surface area contributed by atoms with Gasteiger partial charge in [0.1, 0.15) is 5.76 Å². The van der Waals surface area contributed by atoms with Crippen LogP contribution >= 0.6 is 0 Å². The summed E-state index contributed by atoms with van der Waals surface area (Å²) in [6, 6.07) is 12.7. The van der Waals surface area contributed by atoms with Crippen LogP contribution in [0.15, 0.2) is 59.1 Å². The fourth-order valence-corrected chi connectivity index (χ4v) is 5.86. The minimum atomic E-state index is -4.39. The number of hydrogen-bond acceptors (Lipinski definition) is 4. The number of halogens is 3. The molecule has 5 rings (SSSR count). The Morgan fingerprint density at radius 2 is 1.76 bits per heavy atom. The second kappa shape index (κ2) is 12.4. The van der Waals surface area contributed by atoms with E-state index in [1.807, 2.05) is 32.7 Å². The number of rotatable bonds is 9. The molecule has 2 aliphatic rings. The van der Waals surface area contributed by atoms with Crippen LogP contribution < -0.4 is 4.90 Å². The number of amides is 2. The minimum Gasteiger partial charge on any atom is -0.454 e. The molecular formula is C31H37F3N4O3. The summed E-state index contributed by atoms with van der Waals surface area (Å²) in [7, 11) is 0. The number of nitrogens with zero attached hydrogens (tertiary/aromatic N) is 4. The van der Waals surface area contributed by atoms with Crippen molar-refractivity contribution in [3.63, 3.8) is 0 Å². The lowest BCUT2D eigenvalue weighted by molar-refractivity contribution is -0.137. The monoisotopic (exact) mass is 570 g/mol. The summed E-state index contributed by atoms with van der Waals surface area (Å²) in [5.74, 6) is 1.03. The van der Waals surface area contributed by atoms with Crippen LogP contribution in [0.2, 0.25) is 0 Å².